The van der Waals surface area contributed by atoms with Gasteiger partial charge in [0.1, 0.15) is 6.10 Å². The van der Waals surface area contributed by atoms with Gasteiger partial charge in [0.15, 0.2) is 0 Å². The lowest BCUT2D eigenvalue weighted by Crippen LogP contribution is -2.20. The number of aliphatic hydroxyl groups excluding tert-OH is 2. The zero-order valence-electron chi connectivity index (χ0n) is 22.9. The minimum atomic E-state index is -0.407. The number of rotatable bonds is 26. The van der Waals surface area contributed by atoms with Crippen molar-refractivity contribution < 1.29 is 29.3 Å². The Kier molecular flexibility index (Phi) is 25.1. The third-order valence-electron chi connectivity index (χ3n) is 6.57. The lowest BCUT2D eigenvalue weighted by atomic mass is 10.0. The summed E-state index contributed by atoms with van der Waals surface area (Å²) < 4.78 is 10.9. The van der Waals surface area contributed by atoms with Crippen LogP contribution < -0.4 is 0 Å². The van der Waals surface area contributed by atoms with Gasteiger partial charge in [0.2, 0.25) is 0 Å². The number of carbonyl (C=O) groups is 2. The number of carbonyl (C=O) groups excluding carboxylic acids is 2. The van der Waals surface area contributed by atoms with E-state index < -0.39 is 5.92 Å². The second kappa shape index (κ2) is 25.9. The van der Waals surface area contributed by atoms with E-state index in [-0.39, 0.29) is 37.9 Å². The number of ether oxygens (including phenoxy) is 2. The SMILES string of the molecule is CCCCCCCCC(CCCCCCCC)OC(=O)CCCCCCC(=O)OCC(CO)CO. The van der Waals surface area contributed by atoms with E-state index in [0.29, 0.717) is 12.8 Å². The summed E-state index contributed by atoms with van der Waals surface area (Å²) in [6.07, 6.45) is 21.1. The average Bonchev–Trinajstić information content (AvgIpc) is 2.85. The molecule has 0 aliphatic carbocycles. The average molecular weight is 501 g/mol. The molecular formula is C29H56O6. The largest absolute Gasteiger partial charge is 0.465 e. The first-order valence-corrected chi connectivity index (χ1v) is 14.6. The van der Waals surface area contributed by atoms with Crippen molar-refractivity contribution in [3.8, 4) is 0 Å². The summed E-state index contributed by atoms with van der Waals surface area (Å²) >= 11 is 0. The van der Waals surface area contributed by atoms with Crippen LogP contribution in [-0.2, 0) is 19.1 Å². The predicted molar refractivity (Wildman–Crippen MR) is 142 cm³/mol. The lowest BCUT2D eigenvalue weighted by molar-refractivity contribution is -0.150. The van der Waals surface area contributed by atoms with Crippen LogP contribution in [0.2, 0.25) is 0 Å². The Balaban J connectivity index is 4.04. The van der Waals surface area contributed by atoms with E-state index in [1.165, 1.54) is 64.2 Å². The Bertz CT molecular complexity index is 462. The molecule has 0 heterocycles. The van der Waals surface area contributed by atoms with Crippen molar-refractivity contribution in [1.29, 1.82) is 0 Å². The van der Waals surface area contributed by atoms with Gasteiger partial charge in [-0.05, 0) is 38.5 Å². The molecule has 0 atom stereocenters. The molecule has 6 nitrogen and oxygen atoms in total. The molecule has 0 aliphatic heterocycles. The highest BCUT2D eigenvalue weighted by Crippen LogP contribution is 2.18. The second-order valence-corrected chi connectivity index (χ2v) is 10.1. The van der Waals surface area contributed by atoms with Crippen molar-refractivity contribution in [3.05, 3.63) is 0 Å². The molecule has 35 heavy (non-hydrogen) atoms. The van der Waals surface area contributed by atoms with E-state index in [0.717, 1.165) is 51.4 Å². The molecule has 0 aromatic rings. The molecule has 0 unspecified atom stereocenters. The second-order valence-electron chi connectivity index (χ2n) is 10.1. The Labute approximate surface area is 215 Å². The molecule has 0 spiro atoms. The van der Waals surface area contributed by atoms with Gasteiger partial charge in [-0.3, -0.25) is 9.59 Å². The van der Waals surface area contributed by atoms with Crippen molar-refractivity contribution in [2.75, 3.05) is 19.8 Å². The fourth-order valence-corrected chi connectivity index (χ4v) is 4.15. The molecule has 0 saturated heterocycles. The van der Waals surface area contributed by atoms with Crippen LogP contribution in [-0.4, -0.2) is 48.1 Å². The summed E-state index contributed by atoms with van der Waals surface area (Å²) in [7, 11) is 0. The molecule has 0 rings (SSSR count). The van der Waals surface area contributed by atoms with Crippen LogP contribution in [0.3, 0.4) is 0 Å². The van der Waals surface area contributed by atoms with E-state index in [9.17, 15) is 9.59 Å². The monoisotopic (exact) mass is 500 g/mol. The minimum Gasteiger partial charge on any atom is -0.465 e. The first kappa shape index (κ1) is 33.9. The topological polar surface area (TPSA) is 93.1 Å². The van der Waals surface area contributed by atoms with Gasteiger partial charge in [0.25, 0.3) is 0 Å². The molecule has 0 radical (unpaired) electrons. The van der Waals surface area contributed by atoms with E-state index in [1.807, 2.05) is 0 Å². The number of hydrogen-bond donors (Lipinski definition) is 2. The maximum absolute atomic E-state index is 12.4. The van der Waals surface area contributed by atoms with E-state index in [4.69, 9.17) is 19.7 Å². The molecule has 2 N–H and O–H groups in total. The summed E-state index contributed by atoms with van der Waals surface area (Å²) in [5, 5.41) is 18.0. The van der Waals surface area contributed by atoms with E-state index in [2.05, 4.69) is 13.8 Å². The number of hydrogen-bond acceptors (Lipinski definition) is 6. The van der Waals surface area contributed by atoms with Gasteiger partial charge in [0.05, 0.1) is 19.8 Å². The van der Waals surface area contributed by atoms with Gasteiger partial charge in [-0.15, -0.1) is 0 Å². The van der Waals surface area contributed by atoms with Crippen LogP contribution in [0, 0.1) is 5.92 Å². The van der Waals surface area contributed by atoms with Gasteiger partial charge >= 0.3 is 11.9 Å². The molecule has 0 saturated carbocycles. The van der Waals surface area contributed by atoms with Gasteiger partial charge < -0.3 is 19.7 Å². The summed E-state index contributed by atoms with van der Waals surface area (Å²) in [6, 6.07) is 0. The number of unbranched alkanes of at least 4 members (excludes halogenated alkanes) is 13. The zero-order valence-corrected chi connectivity index (χ0v) is 22.9. The summed E-state index contributed by atoms with van der Waals surface area (Å²) in [6.45, 7) is 4.13. The van der Waals surface area contributed by atoms with Crippen LogP contribution in [0.25, 0.3) is 0 Å². The molecular weight excluding hydrogens is 444 g/mol. The van der Waals surface area contributed by atoms with Crippen molar-refractivity contribution >= 4 is 11.9 Å². The molecule has 0 amide bonds. The quantitative estimate of drug-likeness (QED) is 0.0993. The Hall–Kier alpha value is -1.14. The molecule has 0 aliphatic rings. The molecule has 0 aromatic heterocycles. The fourth-order valence-electron chi connectivity index (χ4n) is 4.15. The first-order chi connectivity index (χ1) is 17.1. The molecule has 6 heteroatoms. The van der Waals surface area contributed by atoms with Crippen molar-refractivity contribution in [2.45, 2.75) is 148 Å². The summed E-state index contributed by atoms with van der Waals surface area (Å²) in [5.41, 5.74) is 0. The van der Waals surface area contributed by atoms with Crippen molar-refractivity contribution in [3.63, 3.8) is 0 Å². The highest BCUT2D eigenvalue weighted by Gasteiger charge is 2.14. The highest BCUT2D eigenvalue weighted by atomic mass is 16.5. The minimum absolute atomic E-state index is 0.0519. The van der Waals surface area contributed by atoms with Crippen LogP contribution in [0.15, 0.2) is 0 Å². The normalized spacial score (nSPS) is 11.4. The van der Waals surface area contributed by atoms with Crippen molar-refractivity contribution in [2.24, 2.45) is 5.92 Å². The molecule has 0 fully saturated rings. The lowest BCUT2D eigenvalue weighted by Gasteiger charge is -2.18. The summed E-state index contributed by atoms with van der Waals surface area (Å²) in [5.74, 6) is -0.787. The van der Waals surface area contributed by atoms with Gasteiger partial charge in [-0.1, -0.05) is 90.9 Å². The zero-order chi connectivity index (χ0) is 26.0. The molecule has 0 bridgehead atoms. The molecule has 0 aromatic carbocycles. The Morgan fingerprint density at radius 2 is 1.03 bits per heavy atom. The predicted octanol–water partition coefficient (Wildman–Crippen LogP) is 6.88. The number of aliphatic hydroxyl groups is 2. The maximum Gasteiger partial charge on any atom is 0.306 e. The Morgan fingerprint density at radius 1 is 0.600 bits per heavy atom. The molecule has 208 valence electrons. The van der Waals surface area contributed by atoms with Crippen molar-refractivity contribution in [1.82, 2.24) is 0 Å². The van der Waals surface area contributed by atoms with Crippen LogP contribution in [0.4, 0.5) is 0 Å². The smallest absolute Gasteiger partial charge is 0.306 e. The first-order valence-electron chi connectivity index (χ1n) is 14.6. The third kappa shape index (κ3) is 23.0. The van der Waals surface area contributed by atoms with Gasteiger partial charge in [-0.25, -0.2) is 0 Å². The van der Waals surface area contributed by atoms with E-state index >= 15 is 0 Å². The number of esters is 2. The van der Waals surface area contributed by atoms with Gasteiger partial charge in [-0.2, -0.15) is 0 Å². The Morgan fingerprint density at radius 3 is 1.51 bits per heavy atom. The fraction of sp³-hybridized carbons (Fsp3) is 0.931. The van der Waals surface area contributed by atoms with Gasteiger partial charge in [0, 0.05) is 18.8 Å². The standard InChI is InChI=1S/C29H56O6/c1-3-5-7-9-11-15-19-27(20-16-12-10-8-6-4-2)35-29(33)22-18-14-13-17-21-28(32)34-25-26(23-30)24-31/h26-27,30-31H,3-25H2,1-2H3. The van der Waals surface area contributed by atoms with Crippen LogP contribution >= 0.6 is 0 Å². The van der Waals surface area contributed by atoms with Crippen LogP contribution in [0.5, 0.6) is 0 Å². The third-order valence-corrected chi connectivity index (χ3v) is 6.57. The summed E-state index contributed by atoms with van der Waals surface area (Å²) in [4.78, 5) is 24.1. The maximum atomic E-state index is 12.4. The highest BCUT2D eigenvalue weighted by molar-refractivity contribution is 5.69. The van der Waals surface area contributed by atoms with E-state index in [1.54, 1.807) is 0 Å². The van der Waals surface area contributed by atoms with Crippen LogP contribution in [0.1, 0.15) is 142 Å².